The molecule has 1 aromatic carbocycles. The van der Waals surface area contributed by atoms with Crippen molar-refractivity contribution in [3.63, 3.8) is 0 Å². The summed E-state index contributed by atoms with van der Waals surface area (Å²) in [5.41, 5.74) is 0.561. The zero-order valence-electron chi connectivity index (χ0n) is 10.1. The fourth-order valence-electron chi connectivity index (χ4n) is 1.72. The predicted octanol–water partition coefficient (Wildman–Crippen LogP) is 3.09. The maximum atomic E-state index is 11.9. The Balaban J connectivity index is 2.07. The second-order valence-corrected chi connectivity index (χ2v) is 6.01. The molecule has 1 aromatic rings. The molecule has 0 fully saturated rings. The van der Waals surface area contributed by atoms with Crippen molar-refractivity contribution in [2.45, 2.75) is 38.9 Å². The van der Waals surface area contributed by atoms with E-state index in [1.807, 2.05) is 39.0 Å². The maximum absolute atomic E-state index is 11.9. The van der Waals surface area contributed by atoms with Gasteiger partial charge in [-0.2, -0.15) is 0 Å². The summed E-state index contributed by atoms with van der Waals surface area (Å²) in [5, 5.41) is 0. The molecule has 0 amide bonds. The molecule has 0 bridgehead atoms. The Labute approximate surface area is 109 Å². The van der Waals surface area contributed by atoms with Crippen LogP contribution in [0.1, 0.15) is 26.3 Å². The van der Waals surface area contributed by atoms with Crippen molar-refractivity contribution in [2.24, 2.45) is 0 Å². The van der Waals surface area contributed by atoms with Crippen LogP contribution in [0.5, 0.6) is 5.75 Å². The van der Waals surface area contributed by atoms with E-state index in [0.29, 0.717) is 6.42 Å². The second kappa shape index (κ2) is 4.33. The number of carbonyl (C=O) groups is 1. The van der Waals surface area contributed by atoms with Crippen molar-refractivity contribution in [3.05, 3.63) is 28.2 Å². The molecule has 1 atom stereocenters. The highest BCUT2D eigenvalue weighted by molar-refractivity contribution is 9.10. The first-order valence-corrected chi connectivity index (χ1v) is 6.32. The van der Waals surface area contributed by atoms with Crippen molar-refractivity contribution >= 4 is 21.9 Å². The zero-order valence-corrected chi connectivity index (χ0v) is 11.7. The van der Waals surface area contributed by atoms with Gasteiger partial charge in [0.05, 0.1) is 0 Å². The highest BCUT2D eigenvalue weighted by atomic mass is 79.9. The number of hydrogen-bond acceptors (Lipinski definition) is 3. The first kappa shape index (κ1) is 12.4. The van der Waals surface area contributed by atoms with Crippen molar-refractivity contribution in [1.82, 2.24) is 0 Å². The lowest BCUT2D eigenvalue weighted by Crippen LogP contribution is -2.34. The fraction of sp³-hybridized carbons (Fsp3) is 0.462. The topological polar surface area (TPSA) is 35.5 Å². The van der Waals surface area contributed by atoms with Gasteiger partial charge in [-0.25, -0.2) is 4.79 Å². The zero-order chi connectivity index (χ0) is 12.6. The molecule has 3 nitrogen and oxygen atoms in total. The summed E-state index contributed by atoms with van der Waals surface area (Å²) in [5.74, 6) is 0.467. The quantitative estimate of drug-likeness (QED) is 0.748. The van der Waals surface area contributed by atoms with E-state index in [2.05, 4.69) is 15.9 Å². The Morgan fingerprint density at radius 2 is 2.18 bits per heavy atom. The number of ether oxygens (including phenoxy) is 2. The summed E-state index contributed by atoms with van der Waals surface area (Å²) in [6, 6.07) is 5.74. The molecular formula is C13H15BrO3. The maximum Gasteiger partial charge on any atom is 0.348 e. The fourth-order valence-corrected chi connectivity index (χ4v) is 2.12. The van der Waals surface area contributed by atoms with Gasteiger partial charge in [0.15, 0.2) is 6.10 Å². The predicted molar refractivity (Wildman–Crippen MR) is 68.1 cm³/mol. The van der Waals surface area contributed by atoms with E-state index in [-0.39, 0.29) is 5.97 Å². The van der Waals surface area contributed by atoms with Crippen LogP contribution in [0.3, 0.4) is 0 Å². The number of hydrogen-bond donors (Lipinski definition) is 0. The van der Waals surface area contributed by atoms with Gasteiger partial charge in [0.25, 0.3) is 0 Å². The molecule has 1 heterocycles. The molecule has 0 N–H and O–H groups in total. The van der Waals surface area contributed by atoms with E-state index >= 15 is 0 Å². The number of fused-ring (bicyclic) bond motifs is 1. The van der Waals surface area contributed by atoms with Gasteiger partial charge in [0.1, 0.15) is 11.4 Å². The van der Waals surface area contributed by atoms with Gasteiger partial charge in [0.2, 0.25) is 0 Å². The van der Waals surface area contributed by atoms with Crippen LogP contribution in [0.15, 0.2) is 22.7 Å². The number of esters is 1. The van der Waals surface area contributed by atoms with Gasteiger partial charge < -0.3 is 9.47 Å². The van der Waals surface area contributed by atoms with Crippen molar-refractivity contribution in [1.29, 1.82) is 0 Å². The standard InChI is InChI=1S/C13H15BrO3/c1-13(2,3)17-12(15)11-7-8-6-9(14)4-5-10(8)16-11/h4-6,11H,7H2,1-3H3. The molecule has 0 saturated carbocycles. The van der Waals surface area contributed by atoms with Gasteiger partial charge in [-0.3, -0.25) is 0 Å². The van der Waals surface area contributed by atoms with Gasteiger partial charge >= 0.3 is 5.97 Å². The van der Waals surface area contributed by atoms with Crippen LogP contribution < -0.4 is 4.74 Å². The molecule has 92 valence electrons. The van der Waals surface area contributed by atoms with E-state index in [1.54, 1.807) is 0 Å². The Morgan fingerprint density at radius 1 is 1.47 bits per heavy atom. The van der Waals surface area contributed by atoms with E-state index in [0.717, 1.165) is 15.8 Å². The molecule has 1 unspecified atom stereocenters. The Morgan fingerprint density at radius 3 is 2.82 bits per heavy atom. The minimum absolute atomic E-state index is 0.301. The second-order valence-electron chi connectivity index (χ2n) is 5.10. The number of benzene rings is 1. The Hall–Kier alpha value is -1.03. The number of rotatable bonds is 1. The molecule has 1 aliphatic heterocycles. The average Bonchev–Trinajstić information content (AvgIpc) is 2.57. The third kappa shape index (κ3) is 3.00. The Bertz CT molecular complexity index is 448. The van der Waals surface area contributed by atoms with Gasteiger partial charge in [-0.1, -0.05) is 15.9 Å². The average molecular weight is 299 g/mol. The van der Waals surface area contributed by atoms with Crippen LogP contribution in [0.25, 0.3) is 0 Å². The highest BCUT2D eigenvalue weighted by Gasteiger charge is 2.32. The lowest BCUT2D eigenvalue weighted by Gasteiger charge is -2.21. The third-order valence-electron chi connectivity index (χ3n) is 2.37. The summed E-state index contributed by atoms with van der Waals surface area (Å²) in [6.07, 6.45) is 0.0578. The molecule has 0 aromatic heterocycles. The van der Waals surface area contributed by atoms with Crippen LogP contribution >= 0.6 is 15.9 Å². The molecule has 4 heteroatoms. The lowest BCUT2D eigenvalue weighted by atomic mass is 10.1. The van der Waals surface area contributed by atoms with Gasteiger partial charge in [0, 0.05) is 10.9 Å². The van der Waals surface area contributed by atoms with Crippen LogP contribution in [-0.2, 0) is 16.0 Å². The molecule has 0 radical (unpaired) electrons. The first-order chi connectivity index (χ1) is 7.85. The molecule has 2 rings (SSSR count). The van der Waals surface area contributed by atoms with Crippen LogP contribution in [-0.4, -0.2) is 17.7 Å². The highest BCUT2D eigenvalue weighted by Crippen LogP contribution is 2.32. The molecule has 1 aliphatic rings. The minimum atomic E-state index is -0.515. The normalized spacial score (nSPS) is 18.5. The summed E-state index contributed by atoms with van der Waals surface area (Å²) in [4.78, 5) is 11.9. The molecular weight excluding hydrogens is 284 g/mol. The van der Waals surface area contributed by atoms with E-state index in [1.165, 1.54) is 0 Å². The first-order valence-electron chi connectivity index (χ1n) is 5.53. The van der Waals surface area contributed by atoms with Crippen LogP contribution in [0, 0.1) is 0 Å². The number of halogens is 1. The summed E-state index contributed by atoms with van der Waals surface area (Å²) in [6.45, 7) is 5.55. The Kier molecular flexibility index (Phi) is 3.17. The minimum Gasteiger partial charge on any atom is -0.478 e. The van der Waals surface area contributed by atoms with Crippen molar-refractivity contribution < 1.29 is 14.3 Å². The third-order valence-corrected chi connectivity index (χ3v) is 2.86. The number of carbonyl (C=O) groups excluding carboxylic acids is 1. The summed E-state index contributed by atoms with van der Waals surface area (Å²) >= 11 is 3.40. The molecule has 17 heavy (non-hydrogen) atoms. The smallest absolute Gasteiger partial charge is 0.348 e. The molecule has 0 spiro atoms. The SMILES string of the molecule is CC(C)(C)OC(=O)C1Cc2cc(Br)ccc2O1. The molecule has 0 saturated heterocycles. The molecule has 0 aliphatic carbocycles. The van der Waals surface area contributed by atoms with Crippen LogP contribution in [0.2, 0.25) is 0 Å². The van der Waals surface area contributed by atoms with E-state index in [9.17, 15) is 4.79 Å². The summed E-state index contributed by atoms with van der Waals surface area (Å²) in [7, 11) is 0. The van der Waals surface area contributed by atoms with Gasteiger partial charge in [-0.05, 0) is 44.5 Å². The van der Waals surface area contributed by atoms with E-state index < -0.39 is 11.7 Å². The van der Waals surface area contributed by atoms with Crippen molar-refractivity contribution in [2.75, 3.05) is 0 Å². The summed E-state index contributed by atoms with van der Waals surface area (Å²) < 4.78 is 11.9. The largest absolute Gasteiger partial charge is 0.478 e. The lowest BCUT2D eigenvalue weighted by molar-refractivity contribution is -0.162. The van der Waals surface area contributed by atoms with Crippen LogP contribution in [0.4, 0.5) is 0 Å². The monoisotopic (exact) mass is 298 g/mol. The van der Waals surface area contributed by atoms with Gasteiger partial charge in [-0.15, -0.1) is 0 Å². The van der Waals surface area contributed by atoms with Crippen molar-refractivity contribution in [3.8, 4) is 5.75 Å². The van der Waals surface area contributed by atoms with E-state index in [4.69, 9.17) is 9.47 Å².